The number of ether oxygens (including phenoxy) is 2. The molecular weight excluding hydrogens is 354 g/mol. The molecule has 1 saturated heterocycles. The SMILES string of the molecule is COc1ccc(OC)c([C@H]2CCC[NH+]2[C@H](C)C(=O)Nc2ccc(C#N)cc2)c1. The van der Waals surface area contributed by atoms with Crippen LogP contribution >= 0.6 is 0 Å². The van der Waals surface area contributed by atoms with Gasteiger partial charge in [0.1, 0.15) is 17.5 Å². The Bertz CT molecular complexity index is 874. The molecule has 2 aromatic carbocycles. The van der Waals surface area contributed by atoms with Crippen molar-refractivity contribution in [3.63, 3.8) is 0 Å². The third-order valence-corrected chi connectivity index (χ3v) is 5.45. The summed E-state index contributed by atoms with van der Waals surface area (Å²) >= 11 is 0. The maximum Gasteiger partial charge on any atom is 0.282 e. The molecule has 0 saturated carbocycles. The van der Waals surface area contributed by atoms with Gasteiger partial charge in [-0.05, 0) is 49.4 Å². The maximum atomic E-state index is 12.9. The quantitative estimate of drug-likeness (QED) is 0.807. The van der Waals surface area contributed by atoms with E-state index in [4.69, 9.17) is 14.7 Å². The lowest BCUT2D eigenvalue weighted by Crippen LogP contribution is -3.15. The molecule has 2 aromatic rings. The summed E-state index contributed by atoms with van der Waals surface area (Å²) in [6, 6.07) is 14.8. The minimum atomic E-state index is -0.223. The topological polar surface area (TPSA) is 75.8 Å². The number of hydrogen-bond donors (Lipinski definition) is 2. The second kappa shape index (κ2) is 8.77. The number of nitrogens with one attached hydrogen (secondary N) is 2. The lowest BCUT2D eigenvalue weighted by Gasteiger charge is -2.28. The molecule has 146 valence electrons. The van der Waals surface area contributed by atoms with Crippen molar-refractivity contribution in [2.24, 2.45) is 0 Å². The molecule has 1 aliphatic rings. The van der Waals surface area contributed by atoms with E-state index in [2.05, 4.69) is 11.4 Å². The highest BCUT2D eigenvalue weighted by atomic mass is 16.5. The number of nitrogens with zero attached hydrogens (tertiary/aromatic N) is 1. The Labute approximate surface area is 165 Å². The Kier molecular flexibility index (Phi) is 6.17. The Morgan fingerprint density at radius 1 is 1.21 bits per heavy atom. The molecule has 0 aliphatic carbocycles. The summed E-state index contributed by atoms with van der Waals surface area (Å²) in [6.45, 7) is 2.88. The van der Waals surface area contributed by atoms with Crippen molar-refractivity contribution in [3.05, 3.63) is 53.6 Å². The van der Waals surface area contributed by atoms with Crippen molar-refractivity contribution < 1.29 is 19.2 Å². The molecule has 28 heavy (non-hydrogen) atoms. The maximum absolute atomic E-state index is 12.9. The van der Waals surface area contributed by atoms with Gasteiger partial charge >= 0.3 is 0 Å². The van der Waals surface area contributed by atoms with E-state index in [0.717, 1.165) is 36.4 Å². The Balaban J connectivity index is 1.78. The molecule has 6 nitrogen and oxygen atoms in total. The van der Waals surface area contributed by atoms with Crippen molar-refractivity contribution >= 4 is 11.6 Å². The standard InChI is InChI=1S/C22H25N3O3/c1-15(22(26)24-17-8-6-16(14-23)7-9-17)25-12-4-5-20(25)19-13-18(27-2)10-11-21(19)28-3/h6-11,13,15,20H,4-5,12H2,1-3H3,(H,24,26)/p+1/t15-,20-/m1/s1. The van der Waals surface area contributed by atoms with Gasteiger partial charge in [0.25, 0.3) is 5.91 Å². The first-order chi connectivity index (χ1) is 13.6. The van der Waals surface area contributed by atoms with Crippen LogP contribution in [0.5, 0.6) is 11.5 Å². The predicted molar refractivity (Wildman–Crippen MR) is 107 cm³/mol. The van der Waals surface area contributed by atoms with Crippen LogP contribution < -0.4 is 19.7 Å². The number of hydrogen-bond acceptors (Lipinski definition) is 4. The molecule has 2 N–H and O–H groups in total. The minimum absolute atomic E-state index is 0.0338. The van der Waals surface area contributed by atoms with Gasteiger partial charge in [-0.1, -0.05) is 0 Å². The molecule has 1 unspecified atom stereocenters. The van der Waals surface area contributed by atoms with Gasteiger partial charge in [0.05, 0.1) is 38.0 Å². The molecule has 0 aromatic heterocycles. The van der Waals surface area contributed by atoms with Crippen LogP contribution in [0.3, 0.4) is 0 Å². The molecule has 1 fully saturated rings. The van der Waals surface area contributed by atoms with Crippen LogP contribution in [-0.4, -0.2) is 32.7 Å². The molecule has 0 radical (unpaired) electrons. The largest absolute Gasteiger partial charge is 0.497 e. The normalized spacial score (nSPS) is 19.5. The molecular formula is C22H26N3O3+. The van der Waals surface area contributed by atoms with Crippen molar-refractivity contribution in [1.82, 2.24) is 0 Å². The summed E-state index contributed by atoms with van der Waals surface area (Å²) in [6.07, 6.45) is 2.04. The Morgan fingerprint density at radius 3 is 2.61 bits per heavy atom. The second-order valence-corrected chi connectivity index (χ2v) is 7.03. The number of rotatable bonds is 6. The van der Waals surface area contributed by atoms with E-state index in [1.54, 1.807) is 38.5 Å². The van der Waals surface area contributed by atoms with Crippen LogP contribution in [0.1, 0.15) is 36.9 Å². The lowest BCUT2D eigenvalue weighted by molar-refractivity contribution is -0.932. The summed E-state index contributed by atoms with van der Waals surface area (Å²) in [5.41, 5.74) is 2.35. The first-order valence-corrected chi connectivity index (χ1v) is 9.46. The fourth-order valence-electron chi connectivity index (χ4n) is 3.90. The second-order valence-electron chi connectivity index (χ2n) is 7.03. The van der Waals surface area contributed by atoms with E-state index in [9.17, 15) is 4.79 Å². The number of methoxy groups -OCH3 is 2. The average molecular weight is 380 g/mol. The smallest absolute Gasteiger partial charge is 0.282 e. The van der Waals surface area contributed by atoms with Gasteiger partial charge in [-0.25, -0.2) is 0 Å². The number of carbonyl (C=O) groups excluding carboxylic acids is 1. The summed E-state index contributed by atoms with van der Waals surface area (Å²) in [4.78, 5) is 14.1. The Morgan fingerprint density at radius 2 is 1.96 bits per heavy atom. The number of nitriles is 1. The number of anilines is 1. The number of benzene rings is 2. The molecule has 0 bridgehead atoms. The summed E-state index contributed by atoms with van der Waals surface area (Å²) < 4.78 is 11.0. The minimum Gasteiger partial charge on any atom is -0.497 e. The van der Waals surface area contributed by atoms with Crippen LogP contribution in [0.15, 0.2) is 42.5 Å². The third kappa shape index (κ3) is 4.10. The van der Waals surface area contributed by atoms with Gasteiger partial charge < -0.3 is 19.7 Å². The number of amides is 1. The van der Waals surface area contributed by atoms with E-state index in [-0.39, 0.29) is 18.0 Å². The molecule has 6 heteroatoms. The van der Waals surface area contributed by atoms with Crippen LogP contribution in [0.2, 0.25) is 0 Å². The first kappa shape index (κ1) is 19.7. The predicted octanol–water partition coefficient (Wildman–Crippen LogP) is 2.32. The van der Waals surface area contributed by atoms with Crippen LogP contribution in [0.4, 0.5) is 5.69 Å². The van der Waals surface area contributed by atoms with Crippen molar-refractivity contribution in [1.29, 1.82) is 5.26 Å². The zero-order valence-corrected chi connectivity index (χ0v) is 16.5. The molecule has 1 heterocycles. The lowest BCUT2D eigenvalue weighted by atomic mass is 10.0. The van der Waals surface area contributed by atoms with Gasteiger partial charge in [-0.15, -0.1) is 0 Å². The number of carbonyl (C=O) groups is 1. The molecule has 3 rings (SSSR count). The highest BCUT2D eigenvalue weighted by molar-refractivity contribution is 5.93. The average Bonchev–Trinajstić information content (AvgIpc) is 3.22. The van der Waals surface area contributed by atoms with E-state index in [1.165, 1.54) is 4.90 Å². The molecule has 1 aliphatic heterocycles. The molecule has 0 spiro atoms. The summed E-state index contributed by atoms with van der Waals surface area (Å²) in [7, 11) is 3.32. The highest BCUT2D eigenvalue weighted by Gasteiger charge is 2.38. The van der Waals surface area contributed by atoms with Crippen molar-refractivity contribution in [3.8, 4) is 17.6 Å². The number of quaternary nitrogens is 1. The number of likely N-dealkylation sites (tertiary alicyclic amines) is 1. The highest BCUT2D eigenvalue weighted by Crippen LogP contribution is 2.32. The summed E-state index contributed by atoms with van der Waals surface area (Å²) in [5.74, 6) is 1.58. The molecule has 3 atom stereocenters. The zero-order chi connectivity index (χ0) is 20.1. The fraction of sp³-hybridized carbons (Fsp3) is 0.364. The van der Waals surface area contributed by atoms with Gasteiger partial charge in [0.15, 0.2) is 6.04 Å². The van der Waals surface area contributed by atoms with Gasteiger partial charge in [-0.2, -0.15) is 5.26 Å². The molecule has 1 amide bonds. The van der Waals surface area contributed by atoms with Gasteiger partial charge in [0.2, 0.25) is 0 Å². The Hall–Kier alpha value is -3.04. The van der Waals surface area contributed by atoms with E-state index in [0.29, 0.717) is 11.3 Å². The van der Waals surface area contributed by atoms with Crippen molar-refractivity contribution in [2.45, 2.75) is 31.8 Å². The zero-order valence-electron chi connectivity index (χ0n) is 16.5. The van der Waals surface area contributed by atoms with E-state index >= 15 is 0 Å². The van der Waals surface area contributed by atoms with E-state index < -0.39 is 0 Å². The summed E-state index contributed by atoms with van der Waals surface area (Å²) in [5, 5.41) is 11.9. The van der Waals surface area contributed by atoms with Crippen LogP contribution in [0, 0.1) is 11.3 Å². The van der Waals surface area contributed by atoms with E-state index in [1.807, 2.05) is 25.1 Å². The first-order valence-electron chi connectivity index (χ1n) is 9.46. The third-order valence-electron chi connectivity index (χ3n) is 5.45. The van der Waals surface area contributed by atoms with Crippen LogP contribution in [-0.2, 0) is 4.79 Å². The fourth-order valence-corrected chi connectivity index (χ4v) is 3.90. The van der Waals surface area contributed by atoms with Crippen molar-refractivity contribution in [2.75, 3.05) is 26.1 Å². The van der Waals surface area contributed by atoms with Gasteiger partial charge in [0, 0.05) is 18.5 Å². The van der Waals surface area contributed by atoms with Gasteiger partial charge in [-0.3, -0.25) is 4.79 Å². The van der Waals surface area contributed by atoms with Crippen LogP contribution in [0.25, 0.3) is 0 Å². The monoisotopic (exact) mass is 380 g/mol.